The molecule has 0 aromatic rings. The van der Waals surface area contributed by atoms with Gasteiger partial charge in [0.15, 0.2) is 13.0 Å². The summed E-state index contributed by atoms with van der Waals surface area (Å²) in [6.45, 7) is -1.91. The lowest BCUT2D eigenvalue weighted by Crippen LogP contribution is -2.64. The number of nitrogens with one attached hydrogen (secondary N) is 1. The number of amides is 1. The van der Waals surface area contributed by atoms with Crippen LogP contribution in [0.2, 0.25) is 0 Å². The highest BCUT2D eigenvalue weighted by atomic mass is 19.1. The fourth-order valence-electron chi connectivity index (χ4n) is 1.48. The largest absolute Gasteiger partial charge is 0.394 e. The molecule has 5 atom stereocenters. The van der Waals surface area contributed by atoms with Crippen molar-refractivity contribution in [2.75, 3.05) is 13.3 Å². The summed E-state index contributed by atoms with van der Waals surface area (Å²) in [5.74, 6) is -1.04. The van der Waals surface area contributed by atoms with Gasteiger partial charge in [-0.25, -0.2) is 4.39 Å². The Bertz CT molecular complexity index is 253. The van der Waals surface area contributed by atoms with Crippen molar-refractivity contribution in [1.82, 2.24) is 5.32 Å². The Morgan fingerprint density at radius 2 is 1.94 bits per heavy atom. The number of hydrogen-bond acceptors (Lipinski definition) is 6. The van der Waals surface area contributed by atoms with Crippen LogP contribution in [0.5, 0.6) is 0 Å². The number of hydrogen-bond donors (Lipinski definition) is 5. The number of halogens is 1. The number of aliphatic hydroxyl groups excluding tert-OH is 4. The van der Waals surface area contributed by atoms with Crippen LogP contribution in [0.3, 0.4) is 0 Å². The van der Waals surface area contributed by atoms with Crippen molar-refractivity contribution in [3.05, 3.63) is 0 Å². The molecule has 1 rings (SSSR count). The molecule has 1 aliphatic heterocycles. The summed E-state index contributed by atoms with van der Waals surface area (Å²) < 4.78 is 16.7. The minimum Gasteiger partial charge on any atom is -0.394 e. The Balaban J connectivity index is 2.67. The molecule has 1 aliphatic rings. The first-order chi connectivity index (χ1) is 7.51. The standard InChI is InChI=1S/C8H14FNO6/c9-1-4(12)10-5-7(14)6(13)3(2-11)16-8(5)15/h3,5-8,11,13-15H,1-2H2,(H,10,12)/t3?,5?,6-,7-,8-/m1/s1. The number of rotatable bonds is 3. The van der Waals surface area contributed by atoms with E-state index in [1.54, 1.807) is 0 Å². The highest BCUT2D eigenvalue weighted by Crippen LogP contribution is 2.19. The first-order valence-corrected chi connectivity index (χ1v) is 4.67. The molecule has 1 fully saturated rings. The molecule has 1 saturated heterocycles. The molecule has 0 aliphatic carbocycles. The fraction of sp³-hybridized carbons (Fsp3) is 0.875. The number of aliphatic hydroxyl groups is 4. The molecule has 8 heteroatoms. The van der Waals surface area contributed by atoms with Crippen LogP contribution < -0.4 is 5.32 Å². The molecule has 0 bridgehead atoms. The van der Waals surface area contributed by atoms with E-state index >= 15 is 0 Å². The van der Waals surface area contributed by atoms with Gasteiger partial charge in [0.05, 0.1) is 6.61 Å². The maximum atomic E-state index is 11.9. The molecule has 0 saturated carbocycles. The minimum atomic E-state index is -1.62. The maximum absolute atomic E-state index is 11.9. The van der Waals surface area contributed by atoms with Gasteiger partial charge >= 0.3 is 0 Å². The van der Waals surface area contributed by atoms with Crippen molar-refractivity contribution in [2.24, 2.45) is 0 Å². The van der Waals surface area contributed by atoms with Gasteiger partial charge in [0.25, 0.3) is 5.91 Å². The normalized spacial score (nSPS) is 39.4. The third-order valence-corrected chi connectivity index (χ3v) is 2.35. The van der Waals surface area contributed by atoms with Gasteiger partial charge in [0.2, 0.25) is 0 Å². The summed E-state index contributed by atoms with van der Waals surface area (Å²) in [6, 6.07) is -1.33. The Hall–Kier alpha value is -0.800. The molecule has 0 radical (unpaired) electrons. The quantitative estimate of drug-likeness (QED) is 0.355. The van der Waals surface area contributed by atoms with E-state index in [1.165, 1.54) is 0 Å². The van der Waals surface area contributed by atoms with Gasteiger partial charge in [-0.1, -0.05) is 0 Å². The van der Waals surface area contributed by atoms with Crippen molar-refractivity contribution >= 4 is 5.91 Å². The molecular weight excluding hydrogens is 225 g/mol. The second-order valence-electron chi connectivity index (χ2n) is 3.46. The lowest BCUT2D eigenvalue weighted by molar-refractivity contribution is -0.253. The first kappa shape index (κ1) is 13.3. The number of carbonyl (C=O) groups excluding carboxylic acids is 1. The van der Waals surface area contributed by atoms with E-state index < -0.39 is 49.8 Å². The number of alkyl halides is 1. The van der Waals surface area contributed by atoms with Crippen LogP contribution in [0.15, 0.2) is 0 Å². The van der Waals surface area contributed by atoms with Gasteiger partial charge in [-0.3, -0.25) is 4.79 Å². The molecular formula is C8H14FNO6. The molecule has 16 heavy (non-hydrogen) atoms. The highest BCUT2D eigenvalue weighted by molar-refractivity contribution is 5.77. The molecule has 1 heterocycles. The predicted octanol–water partition coefficient (Wildman–Crippen LogP) is -3.13. The van der Waals surface area contributed by atoms with Crippen molar-refractivity contribution < 1.29 is 34.3 Å². The Morgan fingerprint density at radius 1 is 1.31 bits per heavy atom. The SMILES string of the molecule is O=C(CF)NC1[C@H](O)OC(CO)[C@@H](O)[C@@H]1O. The third-order valence-electron chi connectivity index (χ3n) is 2.35. The summed E-state index contributed by atoms with van der Waals surface area (Å²) in [5.41, 5.74) is 0. The van der Waals surface area contributed by atoms with Crippen LogP contribution in [0.4, 0.5) is 4.39 Å². The van der Waals surface area contributed by atoms with E-state index in [0.717, 1.165) is 0 Å². The molecule has 2 unspecified atom stereocenters. The van der Waals surface area contributed by atoms with Gasteiger partial charge in [0, 0.05) is 0 Å². The summed E-state index contributed by atoms with van der Waals surface area (Å²) in [5, 5.41) is 39.0. The van der Waals surface area contributed by atoms with E-state index in [1.807, 2.05) is 5.32 Å². The topological polar surface area (TPSA) is 119 Å². The second kappa shape index (κ2) is 5.51. The molecule has 94 valence electrons. The van der Waals surface area contributed by atoms with Crippen LogP contribution in [0.25, 0.3) is 0 Å². The predicted molar refractivity (Wildman–Crippen MR) is 47.9 cm³/mol. The smallest absolute Gasteiger partial charge is 0.251 e. The van der Waals surface area contributed by atoms with Gasteiger partial charge in [-0.15, -0.1) is 0 Å². The van der Waals surface area contributed by atoms with Crippen LogP contribution in [0.1, 0.15) is 0 Å². The summed E-state index contributed by atoms with van der Waals surface area (Å²) in [4.78, 5) is 10.7. The van der Waals surface area contributed by atoms with E-state index in [0.29, 0.717) is 0 Å². The van der Waals surface area contributed by atoms with Gasteiger partial charge in [-0.05, 0) is 0 Å². The van der Waals surface area contributed by atoms with E-state index in [2.05, 4.69) is 0 Å². The van der Waals surface area contributed by atoms with E-state index in [-0.39, 0.29) is 0 Å². The van der Waals surface area contributed by atoms with E-state index in [9.17, 15) is 24.5 Å². The molecule has 0 aromatic heterocycles. The zero-order chi connectivity index (χ0) is 12.3. The van der Waals surface area contributed by atoms with Crippen LogP contribution in [-0.4, -0.2) is 70.3 Å². The summed E-state index contributed by atoms with van der Waals surface area (Å²) in [7, 11) is 0. The van der Waals surface area contributed by atoms with Crippen LogP contribution >= 0.6 is 0 Å². The monoisotopic (exact) mass is 239 g/mol. The van der Waals surface area contributed by atoms with E-state index in [4.69, 9.17) is 9.84 Å². The summed E-state index contributed by atoms with van der Waals surface area (Å²) in [6.07, 6.45) is -5.79. The van der Waals surface area contributed by atoms with Crippen molar-refractivity contribution in [3.63, 3.8) is 0 Å². The van der Waals surface area contributed by atoms with Crippen molar-refractivity contribution in [3.8, 4) is 0 Å². The zero-order valence-electron chi connectivity index (χ0n) is 8.28. The number of carbonyl (C=O) groups is 1. The van der Waals surface area contributed by atoms with Gasteiger partial charge < -0.3 is 30.5 Å². The number of ether oxygens (including phenoxy) is 1. The lowest BCUT2D eigenvalue weighted by atomic mass is 9.97. The summed E-state index contributed by atoms with van der Waals surface area (Å²) >= 11 is 0. The third kappa shape index (κ3) is 2.66. The maximum Gasteiger partial charge on any atom is 0.251 e. The Labute approximate surface area is 90.5 Å². The lowest BCUT2D eigenvalue weighted by Gasteiger charge is -2.40. The average Bonchev–Trinajstić information content (AvgIpc) is 2.28. The Morgan fingerprint density at radius 3 is 2.44 bits per heavy atom. The van der Waals surface area contributed by atoms with Crippen LogP contribution in [-0.2, 0) is 9.53 Å². The zero-order valence-corrected chi connectivity index (χ0v) is 8.28. The fourth-order valence-corrected chi connectivity index (χ4v) is 1.48. The Kier molecular flexibility index (Phi) is 4.56. The molecule has 1 amide bonds. The molecule has 5 N–H and O–H groups in total. The van der Waals surface area contributed by atoms with Gasteiger partial charge in [-0.2, -0.15) is 0 Å². The average molecular weight is 239 g/mol. The highest BCUT2D eigenvalue weighted by Gasteiger charge is 2.44. The van der Waals surface area contributed by atoms with Crippen LogP contribution in [0, 0.1) is 0 Å². The molecule has 0 aromatic carbocycles. The van der Waals surface area contributed by atoms with Crippen molar-refractivity contribution in [1.29, 1.82) is 0 Å². The van der Waals surface area contributed by atoms with Gasteiger partial charge in [0.1, 0.15) is 24.4 Å². The molecule has 7 nitrogen and oxygen atoms in total. The second-order valence-corrected chi connectivity index (χ2v) is 3.46. The molecule has 0 spiro atoms. The van der Waals surface area contributed by atoms with Crippen molar-refractivity contribution in [2.45, 2.75) is 30.6 Å². The first-order valence-electron chi connectivity index (χ1n) is 4.67. The minimum absolute atomic E-state index is 0.598.